The number of ether oxygens (including phenoxy) is 1. The molecule has 2 N–H and O–H groups in total. The van der Waals surface area contributed by atoms with Crippen molar-refractivity contribution in [1.29, 1.82) is 0 Å². The molecule has 0 fully saturated rings. The Balaban J connectivity index is 2.51. The van der Waals surface area contributed by atoms with Gasteiger partial charge in [0.15, 0.2) is 5.75 Å². The summed E-state index contributed by atoms with van der Waals surface area (Å²) in [6.07, 6.45) is 4.95. The number of carbonyl (C=O) groups excluding carboxylic acids is 1. The lowest BCUT2D eigenvalue weighted by atomic mass is 10.4. The van der Waals surface area contributed by atoms with E-state index in [2.05, 4.69) is 16.9 Å². The summed E-state index contributed by atoms with van der Waals surface area (Å²) in [5, 5.41) is 0. The van der Waals surface area contributed by atoms with E-state index in [-0.39, 0.29) is 5.82 Å². The summed E-state index contributed by atoms with van der Waals surface area (Å²) in [6, 6.07) is 0. The molecule has 1 rings (SSSR count). The molecule has 0 aliphatic rings. The van der Waals surface area contributed by atoms with Gasteiger partial charge in [0.1, 0.15) is 0 Å². The van der Waals surface area contributed by atoms with Crippen LogP contribution in [0.1, 0.15) is 30.4 Å². The second-order valence-corrected chi connectivity index (χ2v) is 2.81. The molecular formula is C9H13N3O2. The topological polar surface area (TPSA) is 78.1 Å². The number of nitrogens with two attached hydrogens (primary N) is 1. The fraction of sp³-hybridized carbons (Fsp3) is 0.444. The first-order valence-electron chi connectivity index (χ1n) is 4.48. The number of aromatic nitrogens is 2. The Labute approximate surface area is 82.3 Å². The molecule has 5 heteroatoms. The lowest BCUT2D eigenvalue weighted by molar-refractivity contribution is 0.0990. The van der Waals surface area contributed by atoms with E-state index in [1.807, 2.05) is 0 Å². The van der Waals surface area contributed by atoms with Crippen molar-refractivity contribution in [3.05, 3.63) is 18.2 Å². The molecule has 0 atom stereocenters. The molecule has 1 heterocycles. The van der Waals surface area contributed by atoms with E-state index in [9.17, 15) is 4.79 Å². The Morgan fingerprint density at radius 1 is 1.50 bits per heavy atom. The predicted molar refractivity (Wildman–Crippen MR) is 51.0 cm³/mol. The zero-order valence-electron chi connectivity index (χ0n) is 8.06. The number of primary amides is 1. The highest BCUT2D eigenvalue weighted by Crippen LogP contribution is 2.06. The van der Waals surface area contributed by atoms with Crippen molar-refractivity contribution < 1.29 is 9.53 Å². The van der Waals surface area contributed by atoms with Gasteiger partial charge in [0, 0.05) is 0 Å². The summed E-state index contributed by atoms with van der Waals surface area (Å²) < 4.78 is 5.30. The highest BCUT2D eigenvalue weighted by atomic mass is 16.5. The van der Waals surface area contributed by atoms with Crippen molar-refractivity contribution in [1.82, 2.24) is 9.97 Å². The molecule has 1 aromatic heterocycles. The van der Waals surface area contributed by atoms with Gasteiger partial charge >= 0.3 is 0 Å². The van der Waals surface area contributed by atoms with Crippen LogP contribution < -0.4 is 10.5 Å². The minimum Gasteiger partial charge on any atom is -0.490 e. The first-order valence-corrected chi connectivity index (χ1v) is 4.48. The van der Waals surface area contributed by atoms with Crippen LogP contribution >= 0.6 is 0 Å². The average Bonchev–Trinajstić information content (AvgIpc) is 2.19. The van der Waals surface area contributed by atoms with Crippen LogP contribution in [0.5, 0.6) is 5.75 Å². The Morgan fingerprint density at radius 2 is 2.14 bits per heavy atom. The van der Waals surface area contributed by atoms with Gasteiger partial charge in [-0.05, 0) is 6.42 Å². The molecule has 0 aliphatic carbocycles. The average molecular weight is 195 g/mol. The summed E-state index contributed by atoms with van der Waals surface area (Å²) in [7, 11) is 0. The molecular weight excluding hydrogens is 182 g/mol. The minimum atomic E-state index is -0.634. The molecule has 0 aliphatic heterocycles. The van der Waals surface area contributed by atoms with Crippen LogP contribution in [-0.4, -0.2) is 22.5 Å². The Hall–Kier alpha value is -1.65. The minimum absolute atomic E-state index is 0.00726. The largest absolute Gasteiger partial charge is 0.490 e. The predicted octanol–water partition coefficient (Wildman–Crippen LogP) is 0.754. The lowest BCUT2D eigenvalue weighted by Gasteiger charge is -2.03. The quantitative estimate of drug-likeness (QED) is 0.703. The fourth-order valence-electron chi connectivity index (χ4n) is 0.852. The first-order chi connectivity index (χ1) is 6.74. The van der Waals surface area contributed by atoms with Gasteiger partial charge in [-0.15, -0.1) is 0 Å². The second-order valence-electron chi connectivity index (χ2n) is 2.81. The maximum absolute atomic E-state index is 10.6. The smallest absolute Gasteiger partial charge is 0.286 e. The van der Waals surface area contributed by atoms with E-state index in [0.717, 1.165) is 12.8 Å². The maximum Gasteiger partial charge on any atom is 0.286 e. The zero-order valence-corrected chi connectivity index (χ0v) is 8.06. The summed E-state index contributed by atoms with van der Waals surface area (Å²) in [5.74, 6) is -0.0681. The number of hydrogen-bond acceptors (Lipinski definition) is 4. The number of carbonyl (C=O) groups is 1. The molecule has 0 bridgehead atoms. The van der Waals surface area contributed by atoms with E-state index in [4.69, 9.17) is 10.5 Å². The lowest BCUT2D eigenvalue weighted by Crippen LogP contribution is -2.15. The standard InChI is InChI=1S/C9H13N3O2/c1-2-3-4-14-7-5-11-9(8(10)13)12-6-7/h5-6H,2-4H2,1H3,(H2,10,13). The van der Waals surface area contributed by atoms with Gasteiger partial charge in [0.2, 0.25) is 5.82 Å². The van der Waals surface area contributed by atoms with Gasteiger partial charge in [-0.25, -0.2) is 9.97 Å². The SMILES string of the molecule is CCCCOc1cnc(C(N)=O)nc1. The van der Waals surface area contributed by atoms with Crippen LogP contribution in [-0.2, 0) is 0 Å². The summed E-state index contributed by atoms with van der Waals surface area (Å²) >= 11 is 0. The van der Waals surface area contributed by atoms with E-state index in [0.29, 0.717) is 12.4 Å². The summed E-state index contributed by atoms with van der Waals surface area (Å²) in [4.78, 5) is 18.1. The van der Waals surface area contributed by atoms with Crippen molar-refractivity contribution in [2.45, 2.75) is 19.8 Å². The molecule has 0 aromatic carbocycles. The van der Waals surface area contributed by atoms with Crippen molar-refractivity contribution >= 4 is 5.91 Å². The van der Waals surface area contributed by atoms with Crippen molar-refractivity contribution in [2.24, 2.45) is 5.73 Å². The third-order valence-corrected chi connectivity index (χ3v) is 1.62. The number of hydrogen-bond donors (Lipinski definition) is 1. The van der Waals surface area contributed by atoms with Gasteiger partial charge in [0.25, 0.3) is 5.91 Å². The van der Waals surface area contributed by atoms with Crippen LogP contribution in [0.2, 0.25) is 0 Å². The molecule has 0 saturated carbocycles. The molecule has 5 nitrogen and oxygen atoms in total. The Bertz CT molecular complexity index is 297. The Kier molecular flexibility index (Phi) is 3.84. The van der Waals surface area contributed by atoms with E-state index in [1.54, 1.807) is 0 Å². The second kappa shape index (κ2) is 5.16. The number of rotatable bonds is 5. The highest BCUT2D eigenvalue weighted by molar-refractivity contribution is 5.88. The molecule has 76 valence electrons. The van der Waals surface area contributed by atoms with E-state index in [1.165, 1.54) is 12.4 Å². The van der Waals surface area contributed by atoms with Crippen LogP contribution in [0.25, 0.3) is 0 Å². The number of nitrogens with zero attached hydrogens (tertiary/aromatic N) is 2. The summed E-state index contributed by atoms with van der Waals surface area (Å²) in [5.41, 5.74) is 4.98. The van der Waals surface area contributed by atoms with Gasteiger partial charge in [-0.3, -0.25) is 4.79 Å². The van der Waals surface area contributed by atoms with Crippen LogP contribution in [0.4, 0.5) is 0 Å². The molecule has 1 amide bonds. The third kappa shape index (κ3) is 3.01. The van der Waals surface area contributed by atoms with Gasteiger partial charge in [0.05, 0.1) is 19.0 Å². The van der Waals surface area contributed by atoms with Crippen LogP contribution in [0.3, 0.4) is 0 Å². The Morgan fingerprint density at radius 3 is 2.64 bits per heavy atom. The molecule has 0 spiro atoms. The van der Waals surface area contributed by atoms with Gasteiger partial charge in [-0.1, -0.05) is 13.3 Å². The molecule has 14 heavy (non-hydrogen) atoms. The molecule has 1 aromatic rings. The molecule has 0 radical (unpaired) electrons. The fourth-order valence-corrected chi connectivity index (χ4v) is 0.852. The van der Waals surface area contributed by atoms with Crippen molar-refractivity contribution in [2.75, 3.05) is 6.61 Å². The van der Waals surface area contributed by atoms with Crippen molar-refractivity contribution in [3.8, 4) is 5.75 Å². The van der Waals surface area contributed by atoms with Gasteiger partial charge in [-0.2, -0.15) is 0 Å². The van der Waals surface area contributed by atoms with E-state index >= 15 is 0 Å². The molecule has 0 unspecified atom stereocenters. The zero-order chi connectivity index (χ0) is 10.4. The molecule has 0 saturated heterocycles. The van der Waals surface area contributed by atoms with Gasteiger partial charge < -0.3 is 10.5 Å². The maximum atomic E-state index is 10.6. The highest BCUT2D eigenvalue weighted by Gasteiger charge is 2.03. The third-order valence-electron chi connectivity index (χ3n) is 1.62. The van der Waals surface area contributed by atoms with Crippen LogP contribution in [0.15, 0.2) is 12.4 Å². The summed E-state index contributed by atoms with van der Waals surface area (Å²) in [6.45, 7) is 2.71. The number of amides is 1. The number of unbranched alkanes of at least 4 members (excludes halogenated alkanes) is 1. The van der Waals surface area contributed by atoms with Crippen LogP contribution in [0, 0.1) is 0 Å². The normalized spacial score (nSPS) is 9.79. The monoisotopic (exact) mass is 195 g/mol. The van der Waals surface area contributed by atoms with E-state index < -0.39 is 5.91 Å². The first kappa shape index (κ1) is 10.4. The van der Waals surface area contributed by atoms with Crippen molar-refractivity contribution in [3.63, 3.8) is 0 Å².